The van der Waals surface area contributed by atoms with Crippen LogP contribution < -0.4 is 4.90 Å². The molecular formula is C20H23N3S. The molecule has 3 nitrogen and oxygen atoms in total. The van der Waals surface area contributed by atoms with Crippen LogP contribution >= 0.6 is 11.8 Å². The van der Waals surface area contributed by atoms with Crippen LogP contribution in [0, 0.1) is 20.8 Å². The van der Waals surface area contributed by atoms with Crippen LogP contribution in [0.3, 0.4) is 0 Å². The molecule has 0 bridgehead atoms. The number of anilines is 1. The van der Waals surface area contributed by atoms with E-state index in [4.69, 9.17) is 9.97 Å². The Morgan fingerprint density at radius 1 is 0.917 bits per heavy atom. The Balaban J connectivity index is 1.91. The molecule has 2 aromatic carbocycles. The molecule has 124 valence electrons. The van der Waals surface area contributed by atoms with Crippen molar-refractivity contribution in [3.05, 3.63) is 58.8 Å². The number of para-hydroxylation sites is 1. The fraction of sp³-hybridized carbons (Fsp3) is 0.300. The van der Waals surface area contributed by atoms with E-state index in [9.17, 15) is 0 Å². The van der Waals surface area contributed by atoms with E-state index in [2.05, 4.69) is 69.2 Å². The maximum atomic E-state index is 4.85. The highest BCUT2D eigenvalue weighted by Crippen LogP contribution is 2.29. The van der Waals surface area contributed by atoms with Gasteiger partial charge in [0.25, 0.3) is 0 Å². The lowest BCUT2D eigenvalue weighted by molar-refractivity contribution is 1.03. The molecule has 0 spiro atoms. The van der Waals surface area contributed by atoms with Gasteiger partial charge in [-0.25, -0.2) is 9.97 Å². The summed E-state index contributed by atoms with van der Waals surface area (Å²) in [7, 11) is 4.16. The second kappa shape index (κ2) is 6.81. The van der Waals surface area contributed by atoms with Crippen molar-refractivity contribution in [1.29, 1.82) is 0 Å². The van der Waals surface area contributed by atoms with Crippen molar-refractivity contribution in [3.63, 3.8) is 0 Å². The highest BCUT2D eigenvalue weighted by Gasteiger charge is 2.10. The van der Waals surface area contributed by atoms with Crippen LogP contribution in [0.5, 0.6) is 0 Å². The smallest absolute Gasteiger partial charge is 0.118 e. The van der Waals surface area contributed by atoms with E-state index in [-0.39, 0.29) is 0 Å². The molecule has 4 heteroatoms. The summed E-state index contributed by atoms with van der Waals surface area (Å²) >= 11 is 1.76. The summed E-state index contributed by atoms with van der Waals surface area (Å²) < 4.78 is 0. The van der Waals surface area contributed by atoms with Crippen LogP contribution in [-0.2, 0) is 5.75 Å². The highest BCUT2D eigenvalue weighted by atomic mass is 32.2. The van der Waals surface area contributed by atoms with Gasteiger partial charge in [-0.2, -0.15) is 0 Å². The first-order chi connectivity index (χ1) is 11.5. The Hall–Kier alpha value is -2.07. The zero-order valence-electron chi connectivity index (χ0n) is 14.9. The molecule has 0 fully saturated rings. The van der Waals surface area contributed by atoms with Gasteiger partial charge in [0.15, 0.2) is 0 Å². The molecule has 1 aromatic heterocycles. The molecule has 1 heterocycles. The number of benzene rings is 2. The van der Waals surface area contributed by atoms with Crippen LogP contribution in [0.4, 0.5) is 5.69 Å². The molecular weight excluding hydrogens is 314 g/mol. The quantitative estimate of drug-likeness (QED) is 0.632. The van der Waals surface area contributed by atoms with Gasteiger partial charge in [0.2, 0.25) is 0 Å². The van der Waals surface area contributed by atoms with E-state index in [0.29, 0.717) is 0 Å². The molecule has 0 unspecified atom stereocenters. The molecule has 0 aliphatic carbocycles. The summed E-state index contributed by atoms with van der Waals surface area (Å²) in [5.41, 5.74) is 8.04. The Morgan fingerprint density at radius 3 is 2.21 bits per heavy atom. The number of thioether (sulfide) groups is 1. The van der Waals surface area contributed by atoms with Gasteiger partial charge in [0, 0.05) is 25.5 Å². The molecule has 0 aliphatic heterocycles. The van der Waals surface area contributed by atoms with Crippen molar-refractivity contribution in [2.45, 2.75) is 31.6 Å². The summed E-state index contributed by atoms with van der Waals surface area (Å²) in [6.07, 6.45) is 0. The topological polar surface area (TPSA) is 29.0 Å². The van der Waals surface area contributed by atoms with Crippen molar-refractivity contribution in [1.82, 2.24) is 9.97 Å². The minimum Gasteiger partial charge on any atom is -0.377 e. The van der Waals surface area contributed by atoms with Gasteiger partial charge >= 0.3 is 0 Å². The van der Waals surface area contributed by atoms with E-state index < -0.39 is 0 Å². The Kier molecular flexibility index (Phi) is 4.76. The van der Waals surface area contributed by atoms with Crippen molar-refractivity contribution in [3.8, 4) is 0 Å². The summed E-state index contributed by atoms with van der Waals surface area (Å²) in [5.74, 6) is 0.889. The number of hydrogen-bond donors (Lipinski definition) is 0. The van der Waals surface area contributed by atoms with Crippen LogP contribution in [0.15, 0.2) is 41.4 Å². The fourth-order valence-electron chi connectivity index (χ4n) is 2.74. The zero-order valence-corrected chi connectivity index (χ0v) is 15.7. The van der Waals surface area contributed by atoms with Gasteiger partial charge in [0.1, 0.15) is 5.03 Å². The predicted molar refractivity (Wildman–Crippen MR) is 104 cm³/mol. The SMILES string of the molecule is Cc1cc2nc(C)c(SCc3ccccc3N(C)C)nc2cc1C. The lowest BCUT2D eigenvalue weighted by atomic mass is 10.1. The summed E-state index contributed by atoms with van der Waals surface area (Å²) in [6.45, 7) is 6.28. The molecule has 24 heavy (non-hydrogen) atoms. The van der Waals surface area contributed by atoms with Crippen molar-refractivity contribution >= 4 is 28.5 Å². The number of rotatable bonds is 4. The Bertz CT molecular complexity index is 887. The first-order valence-corrected chi connectivity index (χ1v) is 9.08. The Labute approximate surface area is 148 Å². The van der Waals surface area contributed by atoms with E-state index in [1.807, 2.05) is 6.92 Å². The normalized spacial score (nSPS) is 11.0. The summed E-state index contributed by atoms with van der Waals surface area (Å²) in [4.78, 5) is 11.8. The predicted octanol–water partition coefficient (Wildman–Crippen LogP) is 4.91. The molecule has 0 saturated heterocycles. The van der Waals surface area contributed by atoms with E-state index in [1.54, 1.807) is 11.8 Å². The third kappa shape index (κ3) is 3.39. The standard InChI is InChI=1S/C20H23N3S/c1-13-10-17-18(11-14(13)2)22-20(15(3)21-17)24-12-16-8-6-7-9-19(16)23(4)5/h6-11H,12H2,1-5H3. The molecule has 3 aromatic rings. The maximum Gasteiger partial charge on any atom is 0.118 e. The minimum absolute atomic E-state index is 0.889. The molecule has 0 aliphatic rings. The van der Waals surface area contributed by atoms with Crippen LogP contribution in [0.2, 0.25) is 0 Å². The monoisotopic (exact) mass is 337 g/mol. The third-order valence-electron chi connectivity index (χ3n) is 4.25. The fourth-order valence-corrected chi connectivity index (χ4v) is 3.69. The molecule has 0 atom stereocenters. The van der Waals surface area contributed by atoms with Gasteiger partial charge in [-0.15, -0.1) is 0 Å². The molecule has 0 saturated carbocycles. The van der Waals surface area contributed by atoms with Gasteiger partial charge in [-0.3, -0.25) is 0 Å². The molecule has 0 amide bonds. The van der Waals surface area contributed by atoms with Gasteiger partial charge in [-0.1, -0.05) is 30.0 Å². The van der Waals surface area contributed by atoms with Crippen LogP contribution in [0.1, 0.15) is 22.4 Å². The lowest BCUT2D eigenvalue weighted by Crippen LogP contribution is -2.10. The van der Waals surface area contributed by atoms with E-state index in [1.165, 1.54) is 22.4 Å². The number of hydrogen-bond acceptors (Lipinski definition) is 4. The zero-order chi connectivity index (χ0) is 17.3. The Morgan fingerprint density at radius 2 is 1.54 bits per heavy atom. The van der Waals surface area contributed by atoms with E-state index in [0.717, 1.165) is 27.5 Å². The van der Waals surface area contributed by atoms with Gasteiger partial charge in [0.05, 0.1) is 16.7 Å². The number of fused-ring (bicyclic) bond motifs is 1. The number of aromatic nitrogens is 2. The van der Waals surface area contributed by atoms with Gasteiger partial charge < -0.3 is 4.90 Å². The van der Waals surface area contributed by atoms with Crippen molar-refractivity contribution in [2.24, 2.45) is 0 Å². The van der Waals surface area contributed by atoms with E-state index >= 15 is 0 Å². The molecule has 0 radical (unpaired) electrons. The first kappa shape index (κ1) is 16.8. The van der Waals surface area contributed by atoms with Crippen molar-refractivity contribution in [2.75, 3.05) is 19.0 Å². The van der Waals surface area contributed by atoms with Gasteiger partial charge in [-0.05, 0) is 55.7 Å². The van der Waals surface area contributed by atoms with Crippen LogP contribution in [0.25, 0.3) is 11.0 Å². The largest absolute Gasteiger partial charge is 0.377 e. The number of nitrogens with zero attached hydrogens (tertiary/aromatic N) is 3. The highest BCUT2D eigenvalue weighted by molar-refractivity contribution is 7.98. The molecule has 0 N–H and O–H groups in total. The average Bonchev–Trinajstić information content (AvgIpc) is 2.55. The first-order valence-electron chi connectivity index (χ1n) is 8.09. The minimum atomic E-state index is 0.889. The second-order valence-corrected chi connectivity index (χ2v) is 7.32. The number of aryl methyl sites for hydroxylation is 3. The average molecular weight is 337 g/mol. The maximum absolute atomic E-state index is 4.85. The summed E-state index contributed by atoms with van der Waals surface area (Å²) in [6, 6.07) is 12.8. The third-order valence-corrected chi connectivity index (χ3v) is 5.36. The lowest BCUT2D eigenvalue weighted by Gasteiger charge is -2.17. The second-order valence-electron chi connectivity index (χ2n) is 6.35. The summed E-state index contributed by atoms with van der Waals surface area (Å²) in [5, 5.41) is 1.01. The van der Waals surface area contributed by atoms with Crippen molar-refractivity contribution < 1.29 is 0 Å². The molecule has 3 rings (SSSR count). The van der Waals surface area contributed by atoms with Crippen LogP contribution in [-0.4, -0.2) is 24.1 Å².